The summed E-state index contributed by atoms with van der Waals surface area (Å²) in [5.41, 5.74) is 10.3. The number of nitrogen functional groups attached to an aromatic ring is 1. The Hall–Kier alpha value is -2.49. The van der Waals surface area contributed by atoms with Gasteiger partial charge in [-0.15, -0.1) is 0 Å². The van der Waals surface area contributed by atoms with Gasteiger partial charge in [-0.25, -0.2) is 4.79 Å². The number of aromatic nitrogens is 2. The van der Waals surface area contributed by atoms with Crippen LogP contribution in [0.3, 0.4) is 0 Å². The van der Waals surface area contributed by atoms with Crippen LogP contribution in [0.15, 0.2) is 47.3 Å². The van der Waals surface area contributed by atoms with Gasteiger partial charge in [0.05, 0.1) is 11.0 Å². The van der Waals surface area contributed by atoms with Crippen LogP contribution < -0.4 is 11.4 Å². The molecule has 90 valence electrons. The highest BCUT2D eigenvalue weighted by molar-refractivity contribution is 5.75. The van der Waals surface area contributed by atoms with E-state index >= 15 is 0 Å². The average Bonchev–Trinajstić information content (AvgIpc) is 2.71. The van der Waals surface area contributed by atoms with Gasteiger partial charge in [-0.05, 0) is 41.8 Å². The van der Waals surface area contributed by atoms with Crippen molar-refractivity contribution in [1.29, 1.82) is 0 Å². The van der Waals surface area contributed by atoms with Crippen LogP contribution in [-0.4, -0.2) is 9.97 Å². The summed E-state index contributed by atoms with van der Waals surface area (Å²) in [7, 11) is 0. The number of anilines is 1. The standard InChI is InChI=1S/C14H13N3O/c15-11-4-1-9(2-5-11)7-10-3-6-12-13(8-10)17-14(18)16-12/h1-6,8H,7,15H2,(H2,16,17,18). The highest BCUT2D eigenvalue weighted by Crippen LogP contribution is 2.15. The third kappa shape index (κ3) is 2.00. The molecule has 0 atom stereocenters. The lowest BCUT2D eigenvalue weighted by molar-refractivity contribution is 1.20. The fraction of sp³-hybridized carbons (Fsp3) is 0.0714. The van der Waals surface area contributed by atoms with E-state index in [1.807, 2.05) is 42.5 Å². The number of rotatable bonds is 2. The maximum absolute atomic E-state index is 11.2. The lowest BCUT2D eigenvalue weighted by atomic mass is 10.0. The molecule has 0 spiro atoms. The molecule has 0 radical (unpaired) electrons. The number of imidazole rings is 1. The Morgan fingerprint density at radius 3 is 2.33 bits per heavy atom. The molecule has 0 fully saturated rings. The molecule has 0 aliphatic heterocycles. The summed E-state index contributed by atoms with van der Waals surface area (Å²) in [6, 6.07) is 13.7. The molecule has 0 aliphatic rings. The first kappa shape index (κ1) is 10.7. The zero-order valence-corrected chi connectivity index (χ0v) is 9.73. The van der Waals surface area contributed by atoms with Crippen molar-refractivity contribution in [3.05, 3.63) is 64.1 Å². The van der Waals surface area contributed by atoms with Gasteiger partial charge in [0.1, 0.15) is 0 Å². The van der Waals surface area contributed by atoms with Crippen molar-refractivity contribution in [3.8, 4) is 0 Å². The van der Waals surface area contributed by atoms with Crippen molar-refractivity contribution in [2.75, 3.05) is 5.73 Å². The molecule has 4 N–H and O–H groups in total. The molecule has 2 aromatic carbocycles. The minimum atomic E-state index is -0.172. The number of nitrogens with two attached hydrogens (primary N) is 1. The van der Waals surface area contributed by atoms with E-state index in [1.165, 1.54) is 5.56 Å². The first-order valence-electron chi connectivity index (χ1n) is 5.76. The zero-order valence-electron chi connectivity index (χ0n) is 9.73. The monoisotopic (exact) mass is 239 g/mol. The maximum Gasteiger partial charge on any atom is 0.323 e. The topological polar surface area (TPSA) is 74.7 Å². The molecule has 0 bridgehead atoms. The molecule has 3 rings (SSSR count). The number of hydrogen-bond donors (Lipinski definition) is 3. The van der Waals surface area contributed by atoms with Crippen molar-refractivity contribution in [3.63, 3.8) is 0 Å². The fourth-order valence-corrected chi connectivity index (χ4v) is 2.06. The van der Waals surface area contributed by atoms with Crippen molar-refractivity contribution >= 4 is 16.7 Å². The molecule has 18 heavy (non-hydrogen) atoms. The van der Waals surface area contributed by atoms with Gasteiger partial charge in [0.25, 0.3) is 0 Å². The molecule has 0 saturated heterocycles. The highest BCUT2D eigenvalue weighted by atomic mass is 16.1. The van der Waals surface area contributed by atoms with Crippen molar-refractivity contribution < 1.29 is 0 Å². The normalized spacial score (nSPS) is 10.9. The first-order chi connectivity index (χ1) is 8.70. The van der Waals surface area contributed by atoms with Crippen LogP contribution in [0.2, 0.25) is 0 Å². The summed E-state index contributed by atoms with van der Waals surface area (Å²) >= 11 is 0. The van der Waals surface area contributed by atoms with Crippen LogP contribution in [0.1, 0.15) is 11.1 Å². The van der Waals surface area contributed by atoms with E-state index in [1.54, 1.807) is 0 Å². The Morgan fingerprint density at radius 2 is 1.56 bits per heavy atom. The van der Waals surface area contributed by atoms with E-state index in [0.29, 0.717) is 0 Å². The Balaban J connectivity index is 1.94. The Kier molecular flexibility index (Phi) is 2.41. The number of benzene rings is 2. The summed E-state index contributed by atoms with van der Waals surface area (Å²) in [4.78, 5) is 16.7. The highest BCUT2D eigenvalue weighted by Gasteiger charge is 2.01. The molecule has 0 saturated carbocycles. The molecule has 0 unspecified atom stereocenters. The smallest absolute Gasteiger partial charge is 0.323 e. The van der Waals surface area contributed by atoms with Crippen LogP contribution in [0.5, 0.6) is 0 Å². The third-order valence-corrected chi connectivity index (χ3v) is 2.97. The Bertz CT molecular complexity index is 738. The number of hydrogen-bond acceptors (Lipinski definition) is 2. The average molecular weight is 239 g/mol. The van der Waals surface area contributed by atoms with Gasteiger partial charge in [0.2, 0.25) is 0 Å². The lowest BCUT2D eigenvalue weighted by Gasteiger charge is -2.02. The predicted molar refractivity (Wildman–Crippen MR) is 72.6 cm³/mol. The van der Waals surface area contributed by atoms with E-state index < -0.39 is 0 Å². The molecule has 1 aromatic heterocycles. The van der Waals surface area contributed by atoms with Gasteiger partial charge >= 0.3 is 5.69 Å². The van der Waals surface area contributed by atoms with Gasteiger partial charge in [-0.2, -0.15) is 0 Å². The second-order valence-corrected chi connectivity index (χ2v) is 4.38. The van der Waals surface area contributed by atoms with Gasteiger partial charge < -0.3 is 15.7 Å². The molecule has 3 aromatic rings. The van der Waals surface area contributed by atoms with Crippen molar-refractivity contribution in [2.24, 2.45) is 0 Å². The zero-order chi connectivity index (χ0) is 12.5. The van der Waals surface area contributed by atoms with Gasteiger partial charge in [-0.3, -0.25) is 0 Å². The van der Waals surface area contributed by atoms with Crippen molar-refractivity contribution in [2.45, 2.75) is 6.42 Å². The second-order valence-electron chi connectivity index (χ2n) is 4.38. The summed E-state index contributed by atoms with van der Waals surface area (Å²) in [6.07, 6.45) is 0.823. The molecule has 4 heteroatoms. The number of fused-ring (bicyclic) bond motifs is 1. The summed E-state index contributed by atoms with van der Waals surface area (Å²) < 4.78 is 0. The fourth-order valence-electron chi connectivity index (χ4n) is 2.06. The van der Waals surface area contributed by atoms with Gasteiger partial charge in [0.15, 0.2) is 0 Å². The lowest BCUT2D eigenvalue weighted by Crippen LogP contribution is -1.99. The summed E-state index contributed by atoms with van der Waals surface area (Å²) in [6.45, 7) is 0. The molecular formula is C14H13N3O. The van der Waals surface area contributed by atoms with Crippen LogP contribution in [-0.2, 0) is 6.42 Å². The number of aromatic amines is 2. The van der Waals surface area contributed by atoms with Gasteiger partial charge in [-0.1, -0.05) is 18.2 Å². The summed E-state index contributed by atoms with van der Waals surface area (Å²) in [5, 5.41) is 0. The van der Waals surface area contributed by atoms with Crippen LogP contribution in [0, 0.1) is 0 Å². The van der Waals surface area contributed by atoms with Gasteiger partial charge in [0, 0.05) is 5.69 Å². The largest absolute Gasteiger partial charge is 0.399 e. The van der Waals surface area contributed by atoms with E-state index in [9.17, 15) is 4.79 Å². The summed E-state index contributed by atoms with van der Waals surface area (Å²) in [5.74, 6) is 0. The molecular weight excluding hydrogens is 226 g/mol. The van der Waals surface area contributed by atoms with Crippen LogP contribution >= 0.6 is 0 Å². The number of H-pyrrole nitrogens is 2. The Morgan fingerprint density at radius 1 is 0.889 bits per heavy atom. The van der Waals surface area contributed by atoms with E-state index in [2.05, 4.69) is 9.97 Å². The minimum absolute atomic E-state index is 0.172. The predicted octanol–water partition coefficient (Wildman–Crippen LogP) is 2.03. The van der Waals surface area contributed by atoms with Crippen LogP contribution in [0.25, 0.3) is 11.0 Å². The van der Waals surface area contributed by atoms with Crippen LogP contribution in [0.4, 0.5) is 5.69 Å². The number of nitrogens with one attached hydrogen (secondary N) is 2. The second kappa shape index (κ2) is 4.07. The molecule has 1 heterocycles. The van der Waals surface area contributed by atoms with E-state index in [-0.39, 0.29) is 5.69 Å². The quantitative estimate of drug-likeness (QED) is 0.598. The third-order valence-electron chi connectivity index (χ3n) is 2.97. The SMILES string of the molecule is Nc1ccc(Cc2ccc3[nH]c(=O)[nH]c3c2)cc1. The molecule has 4 nitrogen and oxygen atoms in total. The van der Waals surface area contributed by atoms with E-state index in [4.69, 9.17) is 5.73 Å². The molecule has 0 amide bonds. The van der Waals surface area contributed by atoms with Crippen molar-refractivity contribution in [1.82, 2.24) is 9.97 Å². The molecule has 0 aliphatic carbocycles. The first-order valence-corrected chi connectivity index (χ1v) is 5.76. The Labute approximate surface area is 103 Å². The van der Waals surface area contributed by atoms with E-state index in [0.717, 1.165) is 28.7 Å². The maximum atomic E-state index is 11.2. The minimum Gasteiger partial charge on any atom is -0.399 e.